The second-order valence-corrected chi connectivity index (χ2v) is 8.86. The number of rotatable bonds is 10. The van der Waals surface area contributed by atoms with Gasteiger partial charge in [-0.3, -0.25) is 0 Å². The van der Waals surface area contributed by atoms with Crippen LogP contribution >= 0.6 is 0 Å². The Kier molecular flexibility index (Phi) is 6.86. The van der Waals surface area contributed by atoms with Crippen LogP contribution in [0.2, 0.25) is 0 Å². The highest BCUT2D eigenvalue weighted by molar-refractivity contribution is 7.89. The van der Waals surface area contributed by atoms with E-state index in [4.69, 9.17) is 4.98 Å². The standard InChI is InChI=1S/C22H29N3O2S/c1-3-5-14-23-28(26,27)19-12-13-21-20(17-19)24-22(25(21)15-6-4-2)16-18-10-8-7-9-11-18/h7-13,17,23H,3-6,14-16H2,1-2H3. The summed E-state index contributed by atoms with van der Waals surface area (Å²) in [7, 11) is -3.50. The highest BCUT2D eigenvalue weighted by Gasteiger charge is 2.17. The summed E-state index contributed by atoms with van der Waals surface area (Å²) in [5.41, 5.74) is 2.93. The predicted molar refractivity (Wildman–Crippen MR) is 114 cm³/mol. The smallest absolute Gasteiger partial charge is 0.240 e. The summed E-state index contributed by atoms with van der Waals surface area (Å²) in [4.78, 5) is 5.08. The lowest BCUT2D eigenvalue weighted by molar-refractivity contribution is 0.578. The Bertz CT molecular complexity index is 1010. The molecular formula is C22H29N3O2S. The largest absolute Gasteiger partial charge is 0.328 e. The highest BCUT2D eigenvalue weighted by atomic mass is 32.2. The molecule has 0 aliphatic carbocycles. The van der Waals surface area contributed by atoms with Gasteiger partial charge in [-0.1, -0.05) is 57.0 Å². The van der Waals surface area contributed by atoms with E-state index in [1.807, 2.05) is 31.2 Å². The van der Waals surface area contributed by atoms with Gasteiger partial charge in [-0.25, -0.2) is 18.1 Å². The van der Waals surface area contributed by atoms with Crippen LogP contribution in [0.3, 0.4) is 0 Å². The summed E-state index contributed by atoms with van der Waals surface area (Å²) in [6.07, 6.45) is 4.67. The number of nitrogens with one attached hydrogen (secondary N) is 1. The SMILES string of the molecule is CCCCNS(=O)(=O)c1ccc2c(c1)nc(Cc1ccccc1)n2CCCC. The molecule has 0 saturated heterocycles. The average molecular weight is 400 g/mol. The number of imidazole rings is 1. The van der Waals surface area contributed by atoms with Gasteiger partial charge in [0.15, 0.2) is 0 Å². The maximum atomic E-state index is 12.6. The van der Waals surface area contributed by atoms with E-state index >= 15 is 0 Å². The van der Waals surface area contributed by atoms with Crippen molar-refractivity contribution in [1.82, 2.24) is 14.3 Å². The molecule has 6 heteroatoms. The zero-order chi connectivity index (χ0) is 20.0. The summed E-state index contributed by atoms with van der Waals surface area (Å²) in [6, 6.07) is 15.5. The molecule has 28 heavy (non-hydrogen) atoms. The van der Waals surface area contributed by atoms with E-state index < -0.39 is 10.0 Å². The molecule has 1 aromatic heterocycles. The molecule has 3 aromatic rings. The van der Waals surface area contributed by atoms with Crippen LogP contribution in [0.1, 0.15) is 50.9 Å². The number of nitrogens with zero attached hydrogens (tertiary/aromatic N) is 2. The van der Waals surface area contributed by atoms with Gasteiger partial charge in [0.2, 0.25) is 10.0 Å². The molecule has 2 aromatic carbocycles. The predicted octanol–water partition coefficient (Wildman–Crippen LogP) is 4.51. The topological polar surface area (TPSA) is 64.0 Å². The van der Waals surface area contributed by atoms with Crippen molar-refractivity contribution in [2.75, 3.05) is 6.54 Å². The van der Waals surface area contributed by atoms with Gasteiger partial charge in [0.1, 0.15) is 5.82 Å². The molecular weight excluding hydrogens is 370 g/mol. The summed E-state index contributed by atoms with van der Waals surface area (Å²) in [5, 5.41) is 0. The third kappa shape index (κ3) is 4.80. The fourth-order valence-corrected chi connectivity index (χ4v) is 4.37. The van der Waals surface area contributed by atoms with E-state index in [2.05, 4.69) is 28.3 Å². The van der Waals surface area contributed by atoms with Crippen LogP contribution in [0.25, 0.3) is 11.0 Å². The van der Waals surface area contributed by atoms with Gasteiger partial charge in [-0.15, -0.1) is 0 Å². The van der Waals surface area contributed by atoms with Crippen molar-refractivity contribution in [2.45, 2.75) is 57.4 Å². The molecule has 0 spiro atoms. The first kappa shape index (κ1) is 20.6. The average Bonchev–Trinajstić information content (AvgIpc) is 3.03. The van der Waals surface area contributed by atoms with Crippen LogP contribution in [0.15, 0.2) is 53.4 Å². The third-order valence-corrected chi connectivity index (χ3v) is 6.33. The van der Waals surface area contributed by atoms with Crippen molar-refractivity contribution in [1.29, 1.82) is 0 Å². The number of hydrogen-bond acceptors (Lipinski definition) is 3. The van der Waals surface area contributed by atoms with E-state index in [1.54, 1.807) is 12.1 Å². The molecule has 3 rings (SSSR count). The summed E-state index contributed by atoms with van der Waals surface area (Å²) in [5.74, 6) is 0.975. The van der Waals surface area contributed by atoms with Gasteiger partial charge in [0, 0.05) is 19.5 Å². The van der Waals surface area contributed by atoms with Gasteiger partial charge in [-0.2, -0.15) is 0 Å². The van der Waals surface area contributed by atoms with Crippen molar-refractivity contribution in [3.05, 3.63) is 59.9 Å². The summed E-state index contributed by atoms with van der Waals surface area (Å²) < 4.78 is 30.0. The summed E-state index contributed by atoms with van der Waals surface area (Å²) >= 11 is 0. The first-order valence-corrected chi connectivity index (χ1v) is 11.6. The molecule has 0 fully saturated rings. The van der Waals surface area contributed by atoms with Gasteiger partial charge in [0.05, 0.1) is 15.9 Å². The molecule has 150 valence electrons. The molecule has 0 saturated carbocycles. The van der Waals surface area contributed by atoms with E-state index in [-0.39, 0.29) is 4.90 Å². The Balaban J connectivity index is 1.96. The second-order valence-electron chi connectivity index (χ2n) is 7.10. The third-order valence-electron chi connectivity index (χ3n) is 4.87. The molecule has 0 unspecified atom stereocenters. The van der Waals surface area contributed by atoms with E-state index in [0.29, 0.717) is 6.54 Å². The molecule has 1 N–H and O–H groups in total. The Hall–Kier alpha value is -2.18. The van der Waals surface area contributed by atoms with Crippen molar-refractivity contribution in [2.24, 2.45) is 0 Å². The lowest BCUT2D eigenvalue weighted by Gasteiger charge is -2.09. The van der Waals surface area contributed by atoms with Crippen LogP contribution in [-0.4, -0.2) is 24.5 Å². The maximum Gasteiger partial charge on any atom is 0.240 e. The van der Waals surface area contributed by atoms with E-state index in [1.165, 1.54) is 5.56 Å². The Morgan fingerprint density at radius 1 is 1.00 bits per heavy atom. The zero-order valence-corrected chi connectivity index (χ0v) is 17.5. The van der Waals surface area contributed by atoms with Crippen molar-refractivity contribution in [3.63, 3.8) is 0 Å². The van der Waals surface area contributed by atoms with Crippen molar-refractivity contribution >= 4 is 21.1 Å². The molecule has 0 aliphatic rings. The van der Waals surface area contributed by atoms with Gasteiger partial charge in [-0.05, 0) is 36.6 Å². The molecule has 1 heterocycles. The Morgan fingerprint density at radius 2 is 1.75 bits per heavy atom. The lowest BCUT2D eigenvalue weighted by atomic mass is 10.1. The number of benzene rings is 2. The number of fused-ring (bicyclic) bond motifs is 1. The number of hydrogen-bond donors (Lipinski definition) is 1. The molecule has 0 radical (unpaired) electrons. The Morgan fingerprint density at radius 3 is 2.46 bits per heavy atom. The molecule has 5 nitrogen and oxygen atoms in total. The number of aromatic nitrogens is 2. The zero-order valence-electron chi connectivity index (χ0n) is 16.7. The van der Waals surface area contributed by atoms with Gasteiger partial charge < -0.3 is 4.57 Å². The van der Waals surface area contributed by atoms with Crippen molar-refractivity contribution in [3.8, 4) is 0 Å². The lowest BCUT2D eigenvalue weighted by Crippen LogP contribution is -2.24. The van der Waals surface area contributed by atoms with Gasteiger partial charge >= 0.3 is 0 Å². The summed E-state index contributed by atoms with van der Waals surface area (Å²) in [6.45, 7) is 5.55. The number of unbranched alkanes of at least 4 members (excludes halogenated alkanes) is 2. The minimum Gasteiger partial charge on any atom is -0.328 e. The monoisotopic (exact) mass is 399 g/mol. The minimum absolute atomic E-state index is 0.280. The van der Waals surface area contributed by atoms with E-state index in [0.717, 1.165) is 55.5 Å². The molecule has 0 aliphatic heterocycles. The fraction of sp³-hybridized carbons (Fsp3) is 0.409. The quantitative estimate of drug-likeness (QED) is 0.510. The maximum absolute atomic E-state index is 12.6. The normalized spacial score (nSPS) is 11.9. The molecule has 0 bridgehead atoms. The number of aryl methyl sites for hydroxylation is 1. The first-order valence-electron chi connectivity index (χ1n) is 10.1. The number of sulfonamides is 1. The Labute approximate surface area is 167 Å². The van der Waals surface area contributed by atoms with Crippen LogP contribution in [0.5, 0.6) is 0 Å². The van der Waals surface area contributed by atoms with Crippen LogP contribution in [0, 0.1) is 0 Å². The molecule has 0 amide bonds. The highest BCUT2D eigenvalue weighted by Crippen LogP contribution is 2.23. The first-order chi connectivity index (χ1) is 13.5. The second kappa shape index (κ2) is 9.34. The van der Waals surface area contributed by atoms with Crippen LogP contribution < -0.4 is 4.72 Å². The van der Waals surface area contributed by atoms with Crippen LogP contribution in [0.4, 0.5) is 0 Å². The van der Waals surface area contributed by atoms with Crippen LogP contribution in [-0.2, 0) is 23.0 Å². The van der Waals surface area contributed by atoms with Crippen molar-refractivity contribution < 1.29 is 8.42 Å². The fourth-order valence-electron chi connectivity index (χ4n) is 3.27. The van der Waals surface area contributed by atoms with E-state index in [9.17, 15) is 8.42 Å². The molecule has 0 atom stereocenters. The van der Waals surface area contributed by atoms with Gasteiger partial charge in [0.25, 0.3) is 0 Å². The minimum atomic E-state index is -3.50.